The van der Waals surface area contributed by atoms with Crippen LogP contribution in [0, 0.1) is 0 Å². The maximum absolute atomic E-state index is 13.3. The Morgan fingerprint density at radius 1 is 1.24 bits per heavy atom. The van der Waals surface area contributed by atoms with Crippen LogP contribution in [-0.2, 0) is 0 Å². The number of rotatable bonds is 4. The zero-order valence-corrected chi connectivity index (χ0v) is 17.1. The Hall–Kier alpha value is -2.61. The van der Waals surface area contributed by atoms with Gasteiger partial charge >= 0.3 is 6.09 Å². The van der Waals surface area contributed by atoms with Crippen LogP contribution in [0.25, 0.3) is 11.0 Å². The number of fused-ring (bicyclic) bond motifs is 1. The van der Waals surface area contributed by atoms with Crippen molar-refractivity contribution < 1.29 is 14.7 Å². The molecule has 2 saturated heterocycles. The Balaban J connectivity index is 1.64. The summed E-state index contributed by atoms with van der Waals surface area (Å²) in [5, 5.41) is 9.60. The molecule has 0 aliphatic carbocycles. The van der Waals surface area contributed by atoms with Gasteiger partial charge in [-0.25, -0.2) is 9.78 Å². The molecule has 0 radical (unpaired) electrons. The van der Waals surface area contributed by atoms with Gasteiger partial charge in [-0.1, -0.05) is 11.6 Å². The van der Waals surface area contributed by atoms with E-state index in [1.165, 1.54) is 16.0 Å². The molecule has 1 atom stereocenters. The van der Waals surface area contributed by atoms with Crippen molar-refractivity contribution in [3.8, 4) is 0 Å². The first-order valence-electron chi connectivity index (χ1n) is 9.91. The van der Waals surface area contributed by atoms with Gasteiger partial charge in [0, 0.05) is 39.4 Å². The summed E-state index contributed by atoms with van der Waals surface area (Å²) < 4.78 is 0. The number of halogens is 1. The summed E-state index contributed by atoms with van der Waals surface area (Å²) in [5.41, 5.74) is 1.42. The highest BCUT2D eigenvalue weighted by atomic mass is 35.5. The van der Waals surface area contributed by atoms with E-state index in [0.29, 0.717) is 29.7 Å². The van der Waals surface area contributed by atoms with Crippen molar-refractivity contribution in [3.05, 3.63) is 28.9 Å². The van der Waals surface area contributed by atoms with E-state index in [-0.39, 0.29) is 17.0 Å². The lowest BCUT2D eigenvalue weighted by atomic mass is 10.1. The molecule has 0 saturated carbocycles. The third kappa shape index (κ3) is 3.81. The Morgan fingerprint density at radius 2 is 2.00 bits per heavy atom. The molecule has 0 unspecified atom stereocenters. The number of carbonyl (C=O) groups is 2. The lowest BCUT2D eigenvalue weighted by Crippen LogP contribution is -2.43. The van der Waals surface area contributed by atoms with Crippen molar-refractivity contribution in [3.63, 3.8) is 0 Å². The second kappa shape index (κ2) is 8.02. The zero-order valence-electron chi connectivity index (χ0n) is 16.3. The molecule has 4 heterocycles. The fraction of sp³-hybridized carbons (Fsp3) is 0.500. The molecule has 2 aromatic rings. The molecule has 0 spiro atoms. The number of hydrogen-bond donors (Lipinski definition) is 1. The maximum atomic E-state index is 13.3. The molecule has 0 aromatic carbocycles. The lowest BCUT2D eigenvalue weighted by molar-refractivity contribution is 0.0746. The Bertz CT molecular complexity index is 947. The van der Waals surface area contributed by atoms with Gasteiger partial charge in [0.05, 0.1) is 22.1 Å². The van der Waals surface area contributed by atoms with E-state index >= 15 is 0 Å². The van der Waals surface area contributed by atoms with Crippen molar-refractivity contribution in [1.29, 1.82) is 0 Å². The van der Waals surface area contributed by atoms with E-state index in [0.717, 1.165) is 44.6 Å². The second-order valence-electron chi connectivity index (χ2n) is 7.67. The largest absolute Gasteiger partial charge is 0.465 e. The highest BCUT2D eigenvalue weighted by molar-refractivity contribution is 6.35. The number of amides is 2. The number of aromatic nitrogens is 2. The third-order valence-corrected chi connectivity index (χ3v) is 6.04. The first-order valence-corrected chi connectivity index (χ1v) is 10.3. The van der Waals surface area contributed by atoms with Gasteiger partial charge in [0.2, 0.25) is 0 Å². The zero-order chi connectivity index (χ0) is 20.5. The molecule has 2 fully saturated rings. The monoisotopic (exact) mass is 417 g/mol. The van der Waals surface area contributed by atoms with Crippen molar-refractivity contribution in [2.24, 2.45) is 0 Å². The SMILES string of the molecule is CN(C[C@@H]1CCCN1C(=O)O)C(=O)c1c(Cl)cnc2ccc(N3CCCC3)nc12. The minimum absolute atomic E-state index is 0.207. The normalized spacial score (nSPS) is 19.2. The van der Waals surface area contributed by atoms with Crippen molar-refractivity contribution in [2.75, 3.05) is 38.1 Å². The molecule has 2 aromatic heterocycles. The highest BCUT2D eigenvalue weighted by Crippen LogP contribution is 2.28. The topological polar surface area (TPSA) is 89.9 Å². The summed E-state index contributed by atoms with van der Waals surface area (Å²) >= 11 is 6.38. The molecular formula is C20H24ClN5O3. The van der Waals surface area contributed by atoms with Gasteiger partial charge in [0.25, 0.3) is 5.91 Å². The van der Waals surface area contributed by atoms with Crippen LogP contribution in [0.2, 0.25) is 5.02 Å². The number of carbonyl (C=O) groups excluding carboxylic acids is 1. The number of nitrogens with zero attached hydrogens (tertiary/aromatic N) is 5. The Kier molecular flexibility index (Phi) is 5.45. The van der Waals surface area contributed by atoms with Gasteiger partial charge in [0.15, 0.2) is 0 Å². The Labute approximate surface area is 174 Å². The van der Waals surface area contributed by atoms with E-state index in [4.69, 9.17) is 16.6 Å². The minimum Gasteiger partial charge on any atom is -0.465 e. The molecule has 29 heavy (non-hydrogen) atoms. The first kappa shape index (κ1) is 19.7. The molecule has 2 aliphatic heterocycles. The van der Waals surface area contributed by atoms with Crippen LogP contribution in [0.4, 0.5) is 10.6 Å². The van der Waals surface area contributed by atoms with Crippen LogP contribution in [-0.4, -0.2) is 76.1 Å². The van der Waals surface area contributed by atoms with Crippen LogP contribution in [0.15, 0.2) is 18.3 Å². The summed E-state index contributed by atoms with van der Waals surface area (Å²) in [6, 6.07) is 3.59. The average Bonchev–Trinajstić information content (AvgIpc) is 3.39. The van der Waals surface area contributed by atoms with Crippen LogP contribution < -0.4 is 4.90 Å². The predicted molar refractivity (Wildman–Crippen MR) is 111 cm³/mol. The van der Waals surface area contributed by atoms with Crippen molar-refractivity contribution in [1.82, 2.24) is 19.8 Å². The number of likely N-dealkylation sites (tertiary alicyclic amines) is 1. The van der Waals surface area contributed by atoms with Gasteiger partial charge in [-0.2, -0.15) is 0 Å². The molecule has 2 amide bonds. The van der Waals surface area contributed by atoms with Crippen LogP contribution >= 0.6 is 11.6 Å². The van der Waals surface area contributed by atoms with Gasteiger partial charge in [-0.15, -0.1) is 0 Å². The number of carboxylic acid groups (broad SMARTS) is 1. The molecule has 2 aliphatic rings. The summed E-state index contributed by atoms with van der Waals surface area (Å²) in [4.78, 5) is 38.9. The predicted octanol–water partition coefficient (Wildman–Crippen LogP) is 3.10. The molecular weight excluding hydrogens is 394 g/mol. The van der Waals surface area contributed by atoms with E-state index in [2.05, 4.69) is 9.88 Å². The van der Waals surface area contributed by atoms with Crippen molar-refractivity contribution >= 4 is 40.5 Å². The lowest BCUT2D eigenvalue weighted by Gasteiger charge is -2.27. The fourth-order valence-corrected chi connectivity index (χ4v) is 4.45. The molecule has 8 nitrogen and oxygen atoms in total. The summed E-state index contributed by atoms with van der Waals surface area (Å²) in [6.07, 6.45) is 4.33. The molecule has 4 rings (SSSR count). The van der Waals surface area contributed by atoms with E-state index < -0.39 is 6.09 Å². The second-order valence-corrected chi connectivity index (χ2v) is 8.08. The maximum Gasteiger partial charge on any atom is 0.407 e. The van der Waals surface area contributed by atoms with E-state index in [9.17, 15) is 14.7 Å². The molecule has 1 N–H and O–H groups in total. The number of pyridine rings is 2. The quantitative estimate of drug-likeness (QED) is 0.822. The fourth-order valence-electron chi connectivity index (χ4n) is 4.23. The van der Waals surface area contributed by atoms with E-state index in [1.807, 2.05) is 12.1 Å². The first-order chi connectivity index (χ1) is 14.0. The average molecular weight is 418 g/mol. The Morgan fingerprint density at radius 3 is 2.72 bits per heavy atom. The smallest absolute Gasteiger partial charge is 0.407 e. The summed E-state index contributed by atoms with van der Waals surface area (Å²) in [5.74, 6) is 0.550. The van der Waals surface area contributed by atoms with Gasteiger partial charge < -0.3 is 19.8 Å². The number of anilines is 1. The van der Waals surface area contributed by atoms with Crippen LogP contribution in [0.1, 0.15) is 36.0 Å². The van der Waals surface area contributed by atoms with Crippen molar-refractivity contribution in [2.45, 2.75) is 31.7 Å². The number of likely N-dealkylation sites (N-methyl/N-ethyl adjacent to an activating group) is 1. The molecule has 9 heteroatoms. The number of hydrogen-bond acceptors (Lipinski definition) is 5. The van der Waals surface area contributed by atoms with Crippen LogP contribution in [0.5, 0.6) is 0 Å². The molecule has 0 bridgehead atoms. The van der Waals surface area contributed by atoms with Gasteiger partial charge in [-0.05, 0) is 37.8 Å². The third-order valence-electron chi connectivity index (χ3n) is 5.75. The van der Waals surface area contributed by atoms with Gasteiger partial charge in [0.1, 0.15) is 11.3 Å². The van der Waals surface area contributed by atoms with Gasteiger partial charge in [-0.3, -0.25) is 9.78 Å². The molecule has 154 valence electrons. The highest BCUT2D eigenvalue weighted by Gasteiger charge is 2.31. The standard InChI is InChI=1S/C20H24ClN5O3/c1-24(12-13-5-4-10-26(13)20(28)29)19(27)17-14(21)11-22-15-6-7-16(23-18(15)17)25-8-2-3-9-25/h6-7,11,13H,2-5,8-10,12H2,1H3,(H,28,29)/t13-/m0/s1. The summed E-state index contributed by atoms with van der Waals surface area (Å²) in [6.45, 7) is 2.71. The minimum atomic E-state index is -0.947. The summed E-state index contributed by atoms with van der Waals surface area (Å²) in [7, 11) is 1.67. The van der Waals surface area contributed by atoms with E-state index in [1.54, 1.807) is 7.05 Å². The van der Waals surface area contributed by atoms with Crippen LogP contribution in [0.3, 0.4) is 0 Å².